The molecule has 0 radical (unpaired) electrons. The van der Waals surface area contributed by atoms with Crippen molar-refractivity contribution < 1.29 is 4.92 Å². The summed E-state index contributed by atoms with van der Waals surface area (Å²) >= 11 is 0. The van der Waals surface area contributed by atoms with E-state index >= 15 is 0 Å². The molecule has 2 aromatic carbocycles. The van der Waals surface area contributed by atoms with Crippen molar-refractivity contribution in [2.45, 2.75) is 13.3 Å². The van der Waals surface area contributed by atoms with Crippen LogP contribution in [0, 0.1) is 10.1 Å². The molecule has 0 N–H and O–H groups in total. The lowest BCUT2D eigenvalue weighted by molar-refractivity contribution is -0.384. The molecule has 0 unspecified atom stereocenters. The van der Waals surface area contributed by atoms with Crippen LogP contribution in [-0.4, -0.2) is 18.6 Å². The average Bonchev–Trinajstić information content (AvgIpc) is 3.17. The Morgan fingerprint density at radius 2 is 1.70 bits per heavy atom. The van der Waals surface area contributed by atoms with E-state index in [1.165, 1.54) is 23.7 Å². The fourth-order valence-corrected chi connectivity index (χ4v) is 3.69. The smallest absolute Gasteiger partial charge is 0.314 e. The number of nitro groups is 1. The minimum absolute atomic E-state index is 0.0728. The zero-order valence-electron chi connectivity index (χ0n) is 16.8. The molecule has 30 heavy (non-hydrogen) atoms. The number of aryl methyl sites for hydroxylation is 2. The van der Waals surface area contributed by atoms with Gasteiger partial charge in [-0.25, -0.2) is 4.79 Å². The van der Waals surface area contributed by atoms with Crippen LogP contribution in [0.1, 0.15) is 12.5 Å². The summed E-state index contributed by atoms with van der Waals surface area (Å²) in [6.45, 7) is 2.06. The average molecular weight is 404 g/mol. The molecule has 0 aliphatic heterocycles. The van der Waals surface area contributed by atoms with E-state index in [1.54, 1.807) is 25.4 Å². The molecule has 2 heterocycles. The molecule has 0 fully saturated rings. The first kappa shape index (κ1) is 19.4. The molecule has 4 aromatic rings. The van der Waals surface area contributed by atoms with Gasteiger partial charge in [-0.1, -0.05) is 31.2 Å². The van der Waals surface area contributed by atoms with Crippen molar-refractivity contribution in [2.24, 2.45) is 14.1 Å². The predicted molar refractivity (Wildman–Crippen MR) is 115 cm³/mol. The van der Waals surface area contributed by atoms with Crippen molar-refractivity contribution in [1.82, 2.24) is 13.7 Å². The van der Waals surface area contributed by atoms with Crippen LogP contribution in [0.3, 0.4) is 0 Å². The Hall–Kier alpha value is -3.94. The van der Waals surface area contributed by atoms with E-state index in [2.05, 4.69) is 6.92 Å². The quantitative estimate of drug-likeness (QED) is 0.386. The Morgan fingerprint density at radius 1 is 1.00 bits per heavy atom. The zero-order valence-corrected chi connectivity index (χ0v) is 16.8. The van der Waals surface area contributed by atoms with Crippen molar-refractivity contribution in [1.29, 1.82) is 0 Å². The van der Waals surface area contributed by atoms with Gasteiger partial charge in [-0.3, -0.25) is 24.0 Å². The standard InChI is InChI=1S/C22H20N4O4/c1-4-14-8-10-16(11-9-14)25-13-18-19(21(27)24(3)22(28)23(18)2)20(25)15-6-5-7-17(12-15)26(29)30/h5-13H,4H2,1-3H3. The van der Waals surface area contributed by atoms with Crippen molar-refractivity contribution in [2.75, 3.05) is 0 Å². The number of nitro benzene ring substituents is 1. The molecule has 0 aliphatic rings. The van der Waals surface area contributed by atoms with Gasteiger partial charge in [0, 0.05) is 43.7 Å². The van der Waals surface area contributed by atoms with Crippen LogP contribution in [0.25, 0.3) is 27.8 Å². The summed E-state index contributed by atoms with van der Waals surface area (Å²) in [5.41, 5.74) is 2.49. The van der Waals surface area contributed by atoms with Crippen molar-refractivity contribution >= 4 is 16.6 Å². The van der Waals surface area contributed by atoms with Crippen LogP contribution in [0.4, 0.5) is 5.69 Å². The molecule has 8 nitrogen and oxygen atoms in total. The highest BCUT2D eigenvalue weighted by Gasteiger charge is 2.21. The molecular formula is C22H20N4O4. The van der Waals surface area contributed by atoms with E-state index in [0.717, 1.165) is 22.2 Å². The van der Waals surface area contributed by atoms with E-state index in [1.807, 2.05) is 28.8 Å². The fourth-order valence-electron chi connectivity index (χ4n) is 3.69. The van der Waals surface area contributed by atoms with Crippen LogP contribution in [0.15, 0.2) is 64.3 Å². The number of benzene rings is 2. The second-order valence-corrected chi connectivity index (χ2v) is 7.14. The van der Waals surface area contributed by atoms with Gasteiger partial charge in [-0.05, 0) is 24.1 Å². The summed E-state index contributed by atoms with van der Waals surface area (Å²) in [5, 5.41) is 11.7. The monoisotopic (exact) mass is 404 g/mol. The molecule has 0 saturated carbocycles. The Kier molecular flexibility index (Phi) is 4.62. The first-order valence-electron chi connectivity index (χ1n) is 9.48. The van der Waals surface area contributed by atoms with E-state index in [0.29, 0.717) is 22.2 Å². The van der Waals surface area contributed by atoms with Crippen LogP contribution >= 0.6 is 0 Å². The minimum Gasteiger partial charge on any atom is -0.314 e. The highest BCUT2D eigenvalue weighted by molar-refractivity contribution is 5.95. The number of rotatable bonds is 4. The molecule has 4 rings (SSSR count). The lowest BCUT2D eigenvalue weighted by atomic mass is 10.1. The number of fused-ring (bicyclic) bond motifs is 1. The maximum Gasteiger partial charge on any atom is 0.330 e. The van der Waals surface area contributed by atoms with Gasteiger partial charge in [-0.15, -0.1) is 0 Å². The van der Waals surface area contributed by atoms with E-state index < -0.39 is 16.2 Å². The van der Waals surface area contributed by atoms with Gasteiger partial charge in [-0.2, -0.15) is 0 Å². The number of non-ortho nitro benzene ring substituents is 1. The van der Waals surface area contributed by atoms with Crippen LogP contribution < -0.4 is 11.2 Å². The largest absolute Gasteiger partial charge is 0.330 e. The molecule has 0 bridgehead atoms. The van der Waals surface area contributed by atoms with Crippen LogP contribution in [0.5, 0.6) is 0 Å². The van der Waals surface area contributed by atoms with Crippen molar-refractivity contribution in [3.8, 4) is 16.9 Å². The first-order chi connectivity index (χ1) is 14.3. The summed E-state index contributed by atoms with van der Waals surface area (Å²) in [7, 11) is 3.03. The first-order valence-corrected chi connectivity index (χ1v) is 9.48. The van der Waals surface area contributed by atoms with E-state index in [-0.39, 0.29) is 5.69 Å². The maximum absolute atomic E-state index is 13.1. The fraction of sp³-hybridized carbons (Fsp3) is 0.182. The molecule has 8 heteroatoms. The Balaban J connectivity index is 2.15. The maximum atomic E-state index is 13.1. The van der Waals surface area contributed by atoms with Crippen molar-refractivity contribution in [3.05, 3.63) is 91.2 Å². The Labute approximate surface area is 171 Å². The van der Waals surface area contributed by atoms with Crippen LogP contribution in [0.2, 0.25) is 0 Å². The van der Waals surface area contributed by atoms with Gasteiger partial charge in [0.15, 0.2) is 0 Å². The third kappa shape index (κ3) is 2.93. The number of hydrogen-bond acceptors (Lipinski definition) is 4. The third-order valence-corrected chi connectivity index (χ3v) is 5.39. The summed E-state index contributed by atoms with van der Waals surface area (Å²) in [5.74, 6) is 0. The Morgan fingerprint density at radius 3 is 2.33 bits per heavy atom. The molecular weight excluding hydrogens is 384 g/mol. The normalized spacial score (nSPS) is 11.2. The number of aromatic nitrogens is 3. The highest BCUT2D eigenvalue weighted by atomic mass is 16.6. The van der Waals surface area contributed by atoms with E-state index in [4.69, 9.17) is 0 Å². The van der Waals surface area contributed by atoms with E-state index in [9.17, 15) is 19.7 Å². The van der Waals surface area contributed by atoms with Gasteiger partial charge < -0.3 is 4.57 Å². The van der Waals surface area contributed by atoms with Crippen LogP contribution in [-0.2, 0) is 20.5 Å². The van der Waals surface area contributed by atoms with Gasteiger partial charge >= 0.3 is 5.69 Å². The molecule has 0 amide bonds. The number of nitrogens with zero attached hydrogens (tertiary/aromatic N) is 4. The van der Waals surface area contributed by atoms with Gasteiger partial charge in [0.25, 0.3) is 11.2 Å². The lowest BCUT2D eigenvalue weighted by Crippen LogP contribution is -2.36. The van der Waals surface area contributed by atoms with Crippen molar-refractivity contribution in [3.63, 3.8) is 0 Å². The molecule has 0 aliphatic carbocycles. The van der Waals surface area contributed by atoms with Gasteiger partial charge in [0.2, 0.25) is 0 Å². The second kappa shape index (κ2) is 7.14. The van der Waals surface area contributed by atoms with Gasteiger partial charge in [0.1, 0.15) is 0 Å². The third-order valence-electron chi connectivity index (χ3n) is 5.39. The molecule has 0 saturated heterocycles. The highest BCUT2D eigenvalue weighted by Crippen LogP contribution is 2.32. The Bertz CT molecular complexity index is 1410. The second-order valence-electron chi connectivity index (χ2n) is 7.14. The van der Waals surface area contributed by atoms with Gasteiger partial charge in [0.05, 0.1) is 21.5 Å². The molecule has 0 atom stereocenters. The molecule has 0 spiro atoms. The summed E-state index contributed by atoms with van der Waals surface area (Å²) in [6.07, 6.45) is 2.62. The topological polar surface area (TPSA) is 92.1 Å². The molecule has 152 valence electrons. The summed E-state index contributed by atoms with van der Waals surface area (Å²) in [6, 6.07) is 14.0. The molecule has 2 aromatic heterocycles. The number of hydrogen-bond donors (Lipinski definition) is 0. The predicted octanol–water partition coefficient (Wildman–Crippen LogP) is 3.17. The lowest BCUT2D eigenvalue weighted by Gasteiger charge is -2.11. The minimum atomic E-state index is -0.469. The SMILES string of the molecule is CCc1ccc(-n2cc3c(c2-c2cccc([N+](=O)[O-])c2)c(=O)n(C)c(=O)n3C)cc1. The summed E-state index contributed by atoms with van der Waals surface area (Å²) in [4.78, 5) is 36.4. The summed E-state index contributed by atoms with van der Waals surface area (Å²) < 4.78 is 4.27. The zero-order chi connectivity index (χ0) is 21.6.